The first-order valence-corrected chi connectivity index (χ1v) is 12.3. The number of carbonyl (C=O) groups is 1. The zero-order valence-corrected chi connectivity index (χ0v) is 18.6. The molecule has 8 heteroatoms. The van der Waals surface area contributed by atoms with E-state index >= 15 is 0 Å². The summed E-state index contributed by atoms with van der Waals surface area (Å²) in [6.07, 6.45) is 3.57. The van der Waals surface area contributed by atoms with Gasteiger partial charge in [-0.1, -0.05) is 31.0 Å². The molecule has 1 aliphatic carbocycles. The lowest BCUT2D eigenvalue weighted by atomic mass is 10.1. The minimum absolute atomic E-state index is 0.123. The van der Waals surface area contributed by atoms with Gasteiger partial charge in [-0.15, -0.1) is 11.3 Å². The van der Waals surface area contributed by atoms with E-state index in [-0.39, 0.29) is 11.4 Å². The summed E-state index contributed by atoms with van der Waals surface area (Å²) >= 11 is 1.51. The molecule has 158 valence electrons. The van der Waals surface area contributed by atoms with Gasteiger partial charge >= 0.3 is 0 Å². The van der Waals surface area contributed by atoms with Crippen LogP contribution in [0.25, 0.3) is 10.8 Å². The predicted octanol–water partition coefficient (Wildman–Crippen LogP) is 4.42. The molecule has 2 heterocycles. The van der Waals surface area contributed by atoms with E-state index in [4.69, 9.17) is 4.42 Å². The molecule has 0 saturated heterocycles. The minimum atomic E-state index is -3.84. The number of oxazole rings is 1. The molecule has 0 atom stereocenters. The Morgan fingerprint density at radius 2 is 2.00 bits per heavy atom. The van der Waals surface area contributed by atoms with Crippen LogP contribution in [0.15, 0.2) is 51.3 Å². The van der Waals surface area contributed by atoms with Crippen molar-refractivity contribution < 1.29 is 17.6 Å². The summed E-state index contributed by atoms with van der Waals surface area (Å²) in [6.45, 7) is 3.75. The maximum absolute atomic E-state index is 13.6. The number of rotatable bonds is 6. The van der Waals surface area contributed by atoms with Gasteiger partial charge in [-0.2, -0.15) is 0 Å². The number of nitrogens with one attached hydrogen (secondary N) is 1. The van der Waals surface area contributed by atoms with E-state index in [0.717, 1.165) is 10.4 Å². The van der Waals surface area contributed by atoms with Gasteiger partial charge in [0.1, 0.15) is 6.26 Å². The molecule has 2 aromatic heterocycles. The van der Waals surface area contributed by atoms with Crippen LogP contribution in [0, 0.1) is 13.8 Å². The van der Waals surface area contributed by atoms with Gasteiger partial charge in [-0.05, 0) is 55.3 Å². The Labute approximate surface area is 180 Å². The second-order valence-electron chi connectivity index (χ2n) is 7.78. The Hall–Kier alpha value is -2.45. The van der Waals surface area contributed by atoms with Crippen molar-refractivity contribution in [2.24, 2.45) is 0 Å². The summed E-state index contributed by atoms with van der Waals surface area (Å²) in [4.78, 5) is 18.8. The Bertz CT molecular complexity index is 1160. The van der Waals surface area contributed by atoms with Gasteiger partial charge in [0, 0.05) is 0 Å². The molecular formula is C22H24N2O4S2. The first kappa shape index (κ1) is 20.8. The molecule has 0 aliphatic heterocycles. The number of sulfone groups is 1. The van der Waals surface area contributed by atoms with Crippen molar-refractivity contribution in [1.82, 2.24) is 10.3 Å². The molecule has 3 aromatic rings. The summed E-state index contributed by atoms with van der Waals surface area (Å²) in [5.41, 5.74) is 2.08. The summed E-state index contributed by atoms with van der Waals surface area (Å²) < 4.78 is 31.3. The van der Waals surface area contributed by atoms with Crippen molar-refractivity contribution in [1.29, 1.82) is 0 Å². The van der Waals surface area contributed by atoms with E-state index in [0.29, 0.717) is 42.8 Å². The number of hydrogen-bond acceptors (Lipinski definition) is 6. The van der Waals surface area contributed by atoms with Crippen molar-refractivity contribution in [2.75, 3.05) is 0 Å². The third-order valence-corrected chi connectivity index (χ3v) is 9.19. The molecule has 0 radical (unpaired) electrons. The maximum atomic E-state index is 13.6. The van der Waals surface area contributed by atoms with Crippen LogP contribution in [-0.4, -0.2) is 24.1 Å². The van der Waals surface area contributed by atoms with Gasteiger partial charge in [0.05, 0.1) is 22.0 Å². The molecular weight excluding hydrogens is 420 g/mol. The number of nitrogens with zero attached hydrogens (tertiary/aromatic N) is 1. The first-order valence-electron chi connectivity index (χ1n) is 9.92. The number of amides is 1. The molecule has 6 nitrogen and oxygen atoms in total. The lowest BCUT2D eigenvalue weighted by molar-refractivity contribution is -0.123. The highest BCUT2D eigenvalue weighted by molar-refractivity contribution is 7.93. The van der Waals surface area contributed by atoms with Gasteiger partial charge in [0.2, 0.25) is 11.8 Å². The average molecular weight is 445 g/mol. The minimum Gasteiger partial charge on any atom is -0.443 e. The molecule has 1 aliphatic rings. The van der Waals surface area contributed by atoms with E-state index in [9.17, 15) is 13.2 Å². The number of thiophene rings is 1. The molecule has 0 unspecified atom stereocenters. The Morgan fingerprint density at radius 1 is 1.23 bits per heavy atom. The standard InChI is InChI=1S/C22H24N2O4S2/c1-15-7-8-16(2)19(12-15)30(26,27)22(9-3-4-10-22)21(25)23-13-17-14-28-20(24-17)18-6-5-11-29-18/h5-8,11-12,14H,3-4,9-10,13H2,1-2H3,(H,23,25). The lowest BCUT2D eigenvalue weighted by Gasteiger charge is -2.28. The quantitative estimate of drug-likeness (QED) is 0.608. The maximum Gasteiger partial charge on any atom is 0.242 e. The molecule has 1 saturated carbocycles. The van der Waals surface area contributed by atoms with Crippen LogP contribution < -0.4 is 5.32 Å². The van der Waals surface area contributed by atoms with E-state index in [2.05, 4.69) is 10.3 Å². The van der Waals surface area contributed by atoms with Gasteiger partial charge in [-0.25, -0.2) is 13.4 Å². The average Bonchev–Trinajstić information content (AvgIpc) is 3.48. The second-order valence-corrected chi connectivity index (χ2v) is 11.0. The zero-order chi connectivity index (χ0) is 21.4. The van der Waals surface area contributed by atoms with Gasteiger partial charge in [-0.3, -0.25) is 4.79 Å². The van der Waals surface area contributed by atoms with E-state index < -0.39 is 20.5 Å². The normalized spacial score (nSPS) is 15.9. The molecule has 1 N–H and O–H groups in total. The Balaban J connectivity index is 1.58. The van der Waals surface area contributed by atoms with Crippen molar-refractivity contribution in [2.45, 2.75) is 55.7 Å². The van der Waals surface area contributed by atoms with E-state index in [1.165, 1.54) is 17.6 Å². The second kappa shape index (κ2) is 8.00. The highest BCUT2D eigenvalue weighted by Gasteiger charge is 2.53. The predicted molar refractivity (Wildman–Crippen MR) is 116 cm³/mol. The molecule has 0 bridgehead atoms. The molecule has 30 heavy (non-hydrogen) atoms. The van der Waals surface area contributed by atoms with Crippen LogP contribution in [0.2, 0.25) is 0 Å². The summed E-state index contributed by atoms with van der Waals surface area (Å²) in [5, 5.41) is 4.75. The van der Waals surface area contributed by atoms with Crippen LogP contribution in [0.1, 0.15) is 42.5 Å². The van der Waals surface area contributed by atoms with Crippen molar-refractivity contribution in [3.05, 3.63) is 58.8 Å². The number of hydrogen-bond donors (Lipinski definition) is 1. The number of aromatic nitrogens is 1. The Kier molecular flexibility index (Phi) is 5.55. The van der Waals surface area contributed by atoms with Crippen molar-refractivity contribution in [3.8, 4) is 10.8 Å². The van der Waals surface area contributed by atoms with Crippen LogP contribution in [0.3, 0.4) is 0 Å². The van der Waals surface area contributed by atoms with Crippen LogP contribution in [0.5, 0.6) is 0 Å². The van der Waals surface area contributed by atoms with Gasteiger partial charge < -0.3 is 9.73 Å². The van der Waals surface area contributed by atoms with Gasteiger partial charge in [0.25, 0.3) is 0 Å². The molecule has 4 rings (SSSR count). The summed E-state index contributed by atoms with van der Waals surface area (Å²) in [6, 6.07) is 9.16. The topological polar surface area (TPSA) is 89.3 Å². The fourth-order valence-electron chi connectivity index (χ4n) is 4.00. The van der Waals surface area contributed by atoms with Crippen molar-refractivity contribution in [3.63, 3.8) is 0 Å². The molecule has 1 amide bonds. The van der Waals surface area contributed by atoms with Crippen LogP contribution in [-0.2, 0) is 21.2 Å². The van der Waals surface area contributed by atoms with Crippen molar-refractivity contribution >= 4 is 27.1 Å². The number of benzene rings is 1. The third-order valence-electron chi connectivity index (χ3n) is 5.69. The fourth-order valence-corrected chi connectivity index (χ4v) is 7.06. The lowest BCUT2D eigenvalue weighted by Crippen LogP contribution is -2.50. The zero-order valence-electron chi connectivity index (χ0n) is 17.0. The summed E-state index contributed by atoms with van der Waals surface area (Å²) in [7, 11) is -3.84. The highest BCUT2D eigenvalue weighted by atomic mass is 32.2. The van der Waals surface area contributed by atoms with Crippen LogP contribution >= 0.6 is 11.3 Å². The number of aryl methyl sites for hydroxylation is 2. The first-order chi connectivity index (χ1) is 14.3. The smallest absolute Gasteiger partial charge is 0.242 e. The molecule has 0 spiro atoms. The SMILES string of the molecule is Cc1ccc(C)c(S(=O)(=O)C2(C(=O)NCc3coc(-c4cccs4)n3)CCCC2)c1. The number of carbonyl (C=O) groups excluding carboxylic acids is 1. The molecule has 1 fully saturated rings. The third kappa shape index (κ3) is 3.58. The van der Waals surface area contributed by atoms with E-state index in [1.807, 2.05) is 30.5 Å². The monoisotopic (exact) mass is 444 g/mol. The Morgan fingerprint density at radius 3 is 2.70 bits per heavy atom. The summed E-state index contributed by atoms with van der Waals surface area (Å²) in [5.74, 6) is 0.0365. The largest absolute Gasteiger partial charge is 0.443 e. The van der Waals surface area contributed by atoms with Crippen LogP contribution in [0.4, 0.5) is 0 Å². The molecule has 1 aromatic carbocycles. The highest BCUT2D eigenvalue weighted by Crippen LogP contribution is 2.41. The fraction of sp³-hybridized carbons (Fsp3) is 0.364. The van der Waals surface area contributed by atoms with E-state index in [1.54, 1.807) is 19.1 Å². The van der Waals surface area contributed by atoms with Gasteiger partial charge in [0.15, 0.2) is 14.6 Å².